The summed E-state index contributed by atoms with van der Waals surface area (Å²) in [4.78, 5) is 4.32. The summed E-state index contributed by atoms with van der Waals surface area (Å²) in [7, 11) is 0. The van der Waals surface area contributed by atoms with E-state index >= 15 is 0 Å². The Bertz CT molecular complexity index is 526. The third kappa shape index (κ3) is 3.63. The third-order valence-corrected chi connectivity index (χ3v) is 4.02. The van der Waals surface area contributed by atoms with Gasteiger partial charge in [0.15, 0.2) is 5.15 Å². The van der Waals surface area contributed by atoms with Gasteiger partial charge < -0.3 is 14.8 Å². The first-order valence-corrected chi connectivity index (χ1v) is 7.98. The highest BCUT2D eigenvalue weighted by Crippen LogP contribution is 2.17. The van der Waals surface area contributed by atoms with Gasteiger partial charge in [0.25, 0.3) is 0 Å². The molecule has 2 aromatic heterocycles. The summed E-state index contributed by atoms with van der Waals surface area (Å²) >= 11 is 7.94. The van der Waals surface area contributed by atoms with E-state index in [-0.39, 0.29) is 12.6 Å². The highest BCUT2D eigenvalue weighted by molar-refractivity contribution is 7.98. The molecule has 0 aliphatic heterocycles. The van der Waals surface area contributed by atoms with Crippen molar-refractivity contribution in [2.45, 2.75) is 19.0 Å². The molecule has 2 heterocycles. The Kier molecular flexibility index (Phi) is 5.51. The van der Waals surface area contributed by atoms with E-state index in [0.717, 1.165) is 23.5 Å². The van der Waals surface area contributed by atoms with Crippen LogP contribution in [0.4, 0.5) is 0 Å². The molecule has 0 spiro atoms. The van der Waals surface area contributed by atoms with E-state index in [1.807, 2.05) is 28.8 Å². The van der Waals surface area contributed by atoms with Gasteiger partial charge in [-0.05, 0) is 24.8 Å². The Balaban J connectivity index is 2.10. The number of aliphatic hydroxyl groups excluding tert-OH is 1. The van der Waals surface area contributed by atoms with Crippen LogP contribution in [0.1, 0.15) is 12.1 Å². The van der Waals surface area contributed by atoms with Crippen LogP contribution < -0.4 is 5.32 Å². The van der Waals surface area contributed by atoms with Crippen molar-refractivity contribution in [3.8, 4) is 0 Å². The van der Waals surface area contributed by atoms with Crippen molar-refractivity contribution in [2.75, 3.05) is 18.6 Å². The summed E-state index contributed by atoms with van der Waals surface area (Å²) in [5.74, 6) is 0.967. The molecular weight excluding hydrogens is 282 g/mol. The second kappa shape index (κ2) is 7.14. The lowest BCUT2D eigenvalue weighted by molar-refractivity contribution is 0.269. The zero-order valence-corrected chi connectivity index (χ0v) is 12.4. The first-order chi connectivity index (χ1) is 9.26. The Hall–Kier alpha value is -0.750. The van der Waals surface area contributed by atoms with Gasteiger partial charge in [0.05, 0.1) is 5.69 Å². The smallest absolute Gasteiger partial charge is 0.152 e. The monoisotopic (exact) mass is 299 g/mol. The van der Waals surface area contributed by atoms with Crippen LogP contribution in [0.3, 0.4) is 0 Å². The summed E-state index contributed by atoms with van der Waals surface area (Å²) in [6.45, 7) is 0.842. The maximum absolute atomic E-state index is 9.05. The molecule has 0 radical (unpaired) electrons. The summed E-state index contributed by atoms with van der Waals surface area (Å²) in [6, 6.07) is 6.12. The van der Waals surface area contributed by atoms with Crippen LogP contribution in [-0.2, 0) is 6.54 Å². The van der Waals surface area contributed by atoms with Crippen molar-refractivity contribution in [1.82, 2.24) is 14.7 Å². The molecule has 1 unspecified atom stereocenters. The van der Waals surface area contributed by atoms with E-state index in [0.29, 0.717) is 11.7 Å². The minimum atomic E-state index is 0.194. The van der Waals surface area contributed by atoms with Crippen LogP contribution in [-0.4, -0.2) is 39.1 Å². The van der Waals surface area contributed by atoms with Crippen LogP contribution in [0.25, 0.3) is 5.65 Å². The second-order valence-electron chi connectivity index (χ2n) is 4.32. The molecule has 0 saturated carbocycles. The fraction of sp³-hybridized carbons (Fsp3) is 0.462. The lowest BCUT2D eigenvalue weighted by Gasteiger charge is -2.16. The molecule has 2 N–H and O–H groups in total. The molecule has 0 amide bonds. The maximum atomic E-state index is 9.05. The number of imidazole rings is 1. The molecule has 0 aromatic carbocycles. The second-order valence-corrected chi connectivity index (χ2v) is 5.59. The van der Waals surface area contributed by atoms with Gasteiger partial charge in [-0.1, -0.05) is 17.7 Å². The zero-order chi connectivity index (χ0) is 13.7. The number of nitrogens with one attached hydrogen (secondary N) is 1. The van der Waals surface area contributed by atoms with Crippen LogP contribution in [0, 0.1) is 0 Å². The number of hydrogen-bond acceptors (Lipinski definition) is 4. The average molecular weight is 300 g/mol. The fourth-order valence-corrected chi connectivity index (χ4v) is 2.95. The number of hydrogen-bond donors (Lipinski definition) is 2. The number of fused-ring (bicyclic) bond motifs is 1. The van der Waals surface area contributed by atoms with E-state index in [1.54, 1.807) is 11.8 Å². The Labute approximate surface area is 122 Å². The first kappa shape index (κ1) is 14.7. The van der Waals surface area contributed by atoms with Gasteiger partial charge in [0.2, 0.25) is 0 Å². The third-order valence-electron chi connectivity index (χ3n) is 2.98. The van der Waals surface area contributed by atoms with Gasteiger partial charge in [-0.15, -0.1) is 0 Å². The molecule has 0 aliphatic carbocycles. The lowest BCUT2D eigenvalue weighted by Crippen LogP contribution is -2.32. The molecule has 19 heavy (non-hydrogen) atoms. The zero-order valence-electron chi connectivity index (χ0n) is 10.8. The summed E-state index contributed by atoms with van der Waals surface area (Å²) in [5.41, 5.74) is 1.81. The molecule has 2 rings (SSSR count). The highest BCUT2D eigenvalue weighted by atomic mass is 35.5. The molecule has 6 heteroatoms. The van der Waals surface area contributed by atoms with E-state index < -0.39 is 0 Å². The first-order valence-electron chi connectivity index (χ1n) is 6.21. The van der Waals surface area contributed by atoms with E-state index in [9.17, 15) is 0 Å². The Morgan fingerprint density at radius 1 is 1.53 bits per heavy atom. The Morgan fingerprint density at radius 2 is 2.37 bits per heavy atom. The normalized spacial score (nSPS) is 13.0. The molecule has 1 atom stereocenters. The number of halogens is 1. The summed E-state index contributed by atoms with van der Waals surface area (Å²) in [5, 5.41) is 13.0. The SMILES string of the molecule is CSCC(CCO)NCc1c(Cl)nc2ccccn12. The van der Waals surface area contributed by atoms with Gasteiger partial charge in [-0.3, -0.25) is 0 Å². The van der Waals surface area contributed by atoms with Crippen LogP contribution >= 0.6 is 23.4 Å². The van der Waals surface area contributed by atoms with Crippen molar-refractivity contribution < 1.29 is 5.11 Å². The van der Waals surface area contributed by atoms with Gasteiger partial charge in [0, 0.05) is 31.1 Å². The number of nitrogens with zero attached hydrogens (tertiary/aromatic N) is 2. The molecule has 2 aromatic rings. The predicted octanol–water partition coefficient (Wildman–Crippen LogP) is 2.19. The predicted molar refractivity (Wildman–Crippen MR) is 80.9 cm³/mol. The molecule has 4 nitrogen and oxygen atoms in total. The maximum Gasteiger partial charge on any atom is 0.152 e. The number of aromatic nitrogens is 2. The van der Waals surface area contributed by atoms with E-state index in [2.05, 4.69) is 16.6 Å². The molecule has 0 fully saturated rings. The van der Waals surface area contributed by atoms with Gasteiger partial charge in [-0.2, -0.15) is 11.8 Å². The van der Waals surface area contributed by atoms with Crippen LogP contribution in [0.2, 0.25) is 5.15 Å². The molecular formula is C13H18ClN3OS. The molecule has 104 valence electrons. The largest absolute Gasteiger partial charge is 0.396 e. The average Bonchev–Trinajstić information content (AvgIpc) is 2.72. The lowest BCUT2D eigenvalue weighted by atomic mass is 10.2. The number of aliphatic hydroxyl groups is 1. The molecule has 0 aliphatic rings. The Morgan fingerprint density at radius 3 is 3.11 bits per heavy atom. The highest BCUT2D eigenvalue weighted by Gasteiger charge is 2.12. The fourth-order valence-electron chi connectivity index (χ4n) is 2.02. The number of thioether (sulfide) groups is 1. The summed E-state index contributed by atoms with van der Waals surface area (Å²) < 4.78 is 1.99. The van der Waals surface area contributed by atoms with Gasteiger partial charge >= 0.3 is 0 Å². The standard InChI is InChI=1S/C13H18ClN3OS/c1-19-9-10(5-7-18)15-8-11-13(14)16-12-4-2-3-6-17(11)12/h2-4,6,10,15,18H,5,7-9H2,1H3. The van der Waals surface area contributed by atoms with Gasteiger partial charge in [-0.25, -0.2) is 4.98 Å². The van der Waals surface area contributed by atoms with Crippen LogP contribution in [0.15, 0.2) is 24.4 Å². The van der Waals surface area contributed by atoms with Crippen molar-refractivity contribution in [1.29, 1.82) is 0 Å². The molecule has 0 saturated heterocycles. The summed E-state index contributed by atoms with van der Waals surface area (Å²) in [6.07, 6.45) is 4.77. The van der Waals surface area contributed by atoms with Crippen LogP contribution in [0.5, 0.6) is 0 Å². The van der Waals surface area contributed by atoms with Crippen molar-refractivity contribution >= 4 is 29.0 Å². The number of pyridine rings is 1. The van der Waals surface area contributed by atoms with Crippen molar-refractivity contribution in [3.63, 3.8) is 0 Å². The van der Waals surface area contributed by atoms with Gasteiger partial charge in [0.1, 0.15) is 5.65 Å². The molecule has 0 bridgehead atoms. The minimum absolute atomic E-state index is 0.194. The van der Waals surface area contributed by atoms with Crippen molar-refractivity contribution in [2.24, 2.45) is 0 Å². The van der Waals surface area contributed by atoms with Crippen molar-refractivity contribution in [3.05, 3.63) is 35.2 Å². The number of rotatable bonds is 7. The van der Waals surface area contributed by atoms with E-state index in [4.69, 9.17) is 16.7 Å². The topological polar surface area (TPSA) is 49.6 Å². The quantitative estimate of drug-likeness (QED) is 0.823. The van der Waals surface area contributed by atoms with E-state index in [1.165, 1.54) is 0 Å². The minimum Gasteiger partial charge on any atom is -0.396 e.